The van der Waals surface area contributed by atoms with Gasteiger partial charge in [-0.15, -0.1) is 0 Å². The molecule has 18 heavy (non-hydrogen) atoms. The van der Waals surface area contributed by atoms with Crippen LogP contribution in [0.15, 0.2) is 24.3 Å². The summed E-state index contributed by atoms with van der Waals surface area (Å²) in [6.07, 6.45) is 3.78. The molecule has 1 heterocycles. The first kappa shape index (κ1) is 11.7. The van der Waals surface area contributed by atoms with Crippen LogP contribution in [0.3, 0.4) is 0 Å². The molecule has 96 valence electrons. The Morgan fingerprint density at radius 2 is 1.72 bits per heavy atom. The number of rotatable bonds is 4. The molecule has 1 saturated carbocycles. The molecule has 2 fully saturated rings. The highest BCUT2D eigenvalue weighted by molar-refractivity contribution is 5.75. The molecule has 0 unspecified atom stereocenters. The van der Waals surface area contributed by atoms with Crippen molar-refractivity contribution in [1.82, 2.24) is 4.90 Å². The number of piperazine rings is 1. The fourth-order valence-electron chi connectivity index (χ4n) is 2.62. The lowest BCUT2D eigenvalue weighted by Crippen LogP contribution is -2.47. The Kier molecular flexibility index (Phi) is 3.33. The van der Waals surface area contributed by atoms with Crippen LogP contribution in [0.5, 0.6) is 0 Å². The summed E-state index contributed by atoms with van der Waals surface area (Å²) in [6.45, 7) is 5.86. The highest BCUT2D eigenvalue weighted by Crippen LogP contribution is 2.30. The summed E-state index contributed by atoms with van der Waals surface area (Å²) in [5, 5.41) is 0. The molecule has 3 rings (SSSR count). The highest BCUT2D eigenvalue weighted by atomic mass is 16.1. The Labute approximate surface area is 108 Å². The number of hydrogen-bond donors (Lipinski definition) is 0. The number of nitrogens with zero attached hydrogens (tertiary/aromatic N) is 2. The predicted molar refractivity (Wildman–Crippen MR) is 73.2 cm³/mol. The van der Waals surface area contributed by atoms with Crippen LogP contribution in [0.2, 0.25) is 0 Å². The van der Waals surface area contributed by atoms with E-state index in [4.69, 9.17) is 0 Å². The number of benzene rings is 1. The second kappa shape index (κ2) is 5.11. The van der Waals surface area contributed by atoms with Gasteiger partial charge in [0, 0.05) is 44.0 Å². The minimum atomic E-state index is 0.756. The average Bonchev–Trinajstić information content (AvgIpc) is 3.24. The lowest BCUT2D eigenvalue weighted by atomic mass is 10.2. The van der Waals surface area contributed by atoms with Gasteiger partial charge in [0.25, 0.3) is 0 Å². The van der Waals surface area contributed by atoms with Gasteiger partial charge in [-0.25, -0.2) is 0 Å². The molecule has 1 aliphatic heterocycles. The van der Waals surface area contributed by atoms with Crippen LogP contribution >= 0.6 is 0 Å². The van der Waals surface area contributed by atoms with Crippen molar-refractivity contribution in [1.29, 1.82) is 0 Å². The van der Waals surface area contributed by atoms with Gasteiger partial charge >= 0.3 is 0 Å². The Hall–Kier alpha value is -1.35. The lowest BCUT2D eigenvalue weighted by Gasteiger charge is -2.36. The van der Waals surface area contributed by atoms with E-state index in [-0.39, 0.29) is 0 Å². The monoisotopic (exact) mass is 244 g/mol. The molecule has 1 aromatic carbocycles. The summed E-state index contributed by atoms with van der Waals surface area (Å²) in [5.74, 6) is 0.989. The summed E-state index contributed by atoms with van der Waals surface area (Å²) in [5.41, 5.74) is 2.00. The fraction of sp³-hybridized carbons (Fsp3) is 0.533. The Bertz CT molecular complexity index is 403. The molecule has 2 aliphatic rings. The zero-order valence-electron chi connectivity index (χ0n) is 10.7. The molecule has 0 atom stereocenters. The number of carbonyl (C=O) groups is 1. The number of aldehydes is 1. The Balaban J connectivity index is 1.55. The van der Waals surface area contributed by atoms with Crippen molar-refractivity contribution in [2.24, 2.45) is 5.92 Å². The van der Waals surface area contributed by atoms with Gasteiger partial charge in [0.15, 0.2) is 0 Å². The molecule has 0 spiro atoms. The zero-order valence-corrected chi connectivity index (χ0v) is 10.7. The van der Waals surface area contributed by atoms with Gasteiger partial charge in [0.05, 0.1) is 0 Å². The van der Waals surface area contributed by atoms with Gasteiger partial charge in [-0.05, 0) is 43.0 Å². The quantitative estimate of drug-likeness (QED) is 0.757. The topological polar surface area (TPSA) is 23.6 Å². The van der Waals surface area contributed by atoms with Gasteiger partial charge in [0.2, 0.25) is 0 Å². The van der Waals surface area contributed by atoms with E-state index < -0.39 is 0 Å². The maximum absolute atomic E-state index is 10.6. The van der Waals surface area contributed by atoms with Crippen LogP contribution in [0.4, 0.5) is 5.69 Å². The second-order valence-electron chi connectivity index (χ2n) is 5.44. The number of anilines is 1. The largest absolute Gasteiger partial charge is 0.369 e. The maximum Gasteiger partial charge on any atom is 0.150 e. The molecule has 3 heteroatoms. The van der Waals surface area contributed by atoms with Crippen molar-refractivity contribution in [3.63, 3.8) is 0 Å². The average molecular weight is 244 g/mol. The summed E-state index contributed by atoms with van der Waals surface area (Å²) in [6, 6.07) is 7.92. The SMILES string of the molecule is O=Cc1ccc(N2CCN(CC3CC3)CC2)cc1. The standard InChI is InChI=1S/C15H20N2O/c18-12-14-3-5-15(6-4-14)17-9-7-16(8-10-17)11-13-1-2-13/h3-6,12-13H,1-2,7-11H2. The van der Waals surface area contributed by atoms with Crippen molar-refractivity contribution in [3.8, 4) is 0 Å². The molecule has 1 aromatic rings. The molecule has 0 N–H and O–H groups in total. The lowest BCUT2D eigenvalue weighted by molar-refractivity contribution is 0.112. The maximum atomic E-state index is 10.6. The van der Waals surface area contributed by atoms with Crippen LogP contribution in [0.25, 0.3) is 0 Å². The smallest absolute Gasteiger partial charge is 0.150 e. The minimum absolute atomic E-state index is 0.756. The van der Waals surface area contributed by atoms with Crippen molar-refractivity contribution in [3.05, 3.63) is 29.8 Å². The molecule has 3 nitrogen and oxygen atoms in total. The molecule has 0 aromatic heterocycles. The van der Waals surface area contributed by atoms with Crippen LogP contribution in [0.1, 0.15) is 23.2 Å². The summed E-state index contributed by atoms with van der Waals surface area (Å²) in [7, 11) is 0. The highest BCUT2D eigenvalue weighted by Gasteiger charge is 2.26. The summed E-state index contributed by atoms with van der Waals surface area (Å²) >= 11 is 0. The predicted octanol–water partition coefficient (Wildman–Crippen LogP) is 2.03. The van der Waals surface area contributed by atoms with Gasteiger partial charge in [-0.2, -0.15) is 0 Å². The van der Waals surface area contributed by atoms with E-state index in [1.165, 1.54) is 38.2 Å². The first-order valence-corrected chi connectivity index (χ1v) is 6.88. The van der Waals surface area contributed by atoms with E-state index in [0.29, 0.717) is 0 Å². The Morgan fingerprint density at radius 1 is 1.06 bits per heavy atom. The van der Waals surface area contributed by atoms with Crippen molar-refractivity contribution in [2.45, 2.75) is 12.8 Å². The first-order valence-electron chi connectivity index (χ1n) is 6.88. The number of hydrogen-bond acceptors (Lipinski definition) is 3. The van der Waals surface area contributed by atoms with Crippen LogP contribution in [-0.2, 0) is 0 Å². The second-order valence-corrected chi connectivity index (χ2v) is 5.44. The van der Waals surface area contributed by atoms with Gasteiger partial charge in [-0.1, -0.05) is 0 Å². The van der Waals surface area contributed by atoms with E-state index in [1.807, 2.05) is 12.1 Å². The van der Waals surface area contributed by atoms with Crippen LogP contribution < -0.4 is 4.90 Å². The van der Waals surface area contributed by atoms with E-state index >= 15 is 0 Å². The Morgan fingerprint density at radius 3 is 2.28 bits per heavy atom. The van der Waals surface area contributed by atoms with Crippen LogP contribution in [-0.4, -0.2) is 43.9 Å². The van der Waals surface area contributed by atoms with Crippen molar-refractivity contribution < 1.29 is 4.79 Å². The molecular weight excluding hydrogens is 224 g/mol. The molecular formula is C15H20N2O. The van der Waals surface area contributed by atoms with Crippen LogP contribution in [0, 0.1) is 5.92 Å². The number of carbonyl (C=O) groups excluding carboxylic acids is 1. The van der Waals surface area contributed by atoms with Gasteiger partial charge in [0.1, 0.15) is 6.29 Å². The summed E-state index contributed by atoms with van der Waals surface area (Å²) < 4.78 is 0. The molecule has 1 saturated heterocycles. The van der Waals surface area contributed by atoms with Gasteiger partial charge < -0.3 is 4.90 Å². The minimum Gasteiger partial charge on any atom is -0.369 e. The van der Waals surface area contributed by atoms with Gasteiger partial charge in [-0.3, -0.25) is 9.69 Å². The van der Waals surface area contributed by atoms with E-state index in [0.717, 1.165) is 30.9 Å². The van der Waals surface area contributed by atoms with E-state index in [9.17, 15) is 4.79 Å². The third-order valence-corrected chi connectivity index (χ3v) is 3.98. The molecule has 1 aliphatic carbocycles. The third-order valence-electron chi connectivity index (χ3n) is 3.98. The molecule has 0 radical (unpaired) electrons. The third kappa shape index (κ3) is 2.72. The zero-order chi connectivity index (χ0) is 12.4. The molecule has 0 bridgehead atoms. The van der Waals surface area contributed by atoms with E-state index in [1.54, 1.807) is 0 Å². The van der Waals surface area contributed by atoms with Crippen molar-refractivity contribution in [2.75, 3.05) is 37.6 Å². The normalized spacial score (nSPS) is 21.0. The molecule has 0 amide bonds. The first-order chi connectivity index (χ1) is 8.85. The summed E-state index contributed by atoms with van der Waals surface area (Å²) in [4.78, 5) is 15.6. The fourth-order valence-corrected chi connectivity index (χ4v) is 2.62. The van der Waals surface area contributed by atoms with Crippen molar-refractivity contribution >= 4 is 12.0 Å². The van der Waals surface area contributed by atoms with E-state index in [2.05, 4.69) is 21.9 Å².